The summed E-state index contributed by atoms with van der Waals surface area (Å²) in [6.07, 6.45) is 6.55. The Hall–Kier alpha value is -0.530. The van der Waals surface area contributed by atoms with Gasteiger partial charge in [0.25, 0.3) is 0 Å². The van der Waals surface area contributed by atoms with E-state index in [2.05, 4.69) is 4.98 Å². The van der Waals surface area contributed by atoms with Crippen molar-refractivity contribution in [3.8, 4) is 0 Å². The van der Waals surface area contributed by atoms with E-state index in [1.165, 1.54) is 0 Å². The summed E-state index contributed by atoms with van der Waals surface area (Å²) >= 11 is 11.4. The van der Waals surface area contributed by atoms with Gasteiger partial charge in [-0.2, -0.15) is 0 Å². The van der Waals surface area contributed by atoms with Crippen molar-refractivity contribution in [1.82, 2.24) is 4.98 Å². The van der Waals surface area contributed by atoms with E-state index in [-0.39, 0.29) is 0 Å². The second-order valence-corrected chi connectivity index (χ2v) is 3.51. The number of hydrogen-bond acceptors (Lipinski definition) is 1. The van der Waals surface area contributed by atoms with Crippen molar-refractivity contribution >= 4 is 29.3 Å². The fourth-order valence-corrected chi connectivity index (χ4v) is 1.26. The smallest absolute Gasteiger partial charge is 0.136 e. The first kappa shape index (κ1) is 10.6. The number of nitrogens with zero attached hydrogens (tertiary/aromatic N) is 1. The van der Waals surface area contributed by atoms with E-state index in [9.17, 15) is 0 Å². The van der Waals surface area contributed by atoms with Gasteiger partial charge in [0, 0.05) is 17.6 Å². The Morgan fingerprint density at radius 2 is 2.31 bits per heavy atom. The lowest BCUT2D eigenvalue weighted by atomic mass is 10.2. The summed E-state index contributed by atoms with van der Waals surface area (Å²) in [5.74, 6) is 0.632. The summed E-state index contributed by atoms with van der Waals surface area (Å²) in [6, 6.07) is 2.00. The maximum absolute atomic E-state index is 5.88. The van der Waals surface area contributed by atoms with E-state index in [4.69, 9.17) is 23.2 Å². The third-order valence-corrected chi connectivity index (χ3v) is 2.11. The second-order valence-electron chi connectivity index (χ2n) is 2.77. The van der Waals surface area contributed by atoms with Crippen LogP contribution in [-0.2, 0) is 0 Å². The summed E-state index contributed by atoms with van der Waals surface area (Å²) in [4.78, 5) is 4.04. The van der Waals surface area contributed by atoms with Crippen molar-refractivity contribution in [3.63, 3.8) is 0 Å². The quantitative estimate of drug-likeness (QED) is 0.554. The van der Waals surface area contributed by atoms with Gasteiger partial charge in [0.2, 0.25) is 0 Å². The zero-order chi connectivity index (χ0) is 9.68. The zero-order valence-corrected chi connectivity index (χ0v) is 8.94. The first-order chi connectivity index (χ1) is 6.24. The van der Waals surface area contributed by atoms with Crippen molar-refractivity contribution < 1.29 is 0 Å². The van der Waals surface area contributed by atoms with Gasteiger partial charge in [-0.15, -0.1) is 11.6 Å². The van der Waals surface area contributed by atoms with E-state index in [0.717, 1.165) is 17.5 Å². The van der Waals surface area contributed by atoms with Gasteiger partial charge in [-0.1, -0.05) is 23.8 Å². The van der Waals surface area contributed by atoms with E-state index < -0.39 is 0 Å². The number of halogens is 2. The summed E-state index contributed by atoms with van der Waals surface area (Å²) in [5.41, 5.74) is 2.06. The molecule has 0 atom stereocenters. The molecule has 1 heterocycles. The lowest BCUT2D eigenvalue weighted by Gasteiger charge is -1.98. The molecule has 0 saturated carbocycles. The molecule has 0 N–H and O–H groups in total. The van der Waals surface area contributed by atoms with Gasteiger partial charge >= 0.3 is 0 Å². The van der Waals surface area contributed by atoms with Crippen LogP contribution in [0, 0.1) is 6.92 Å². The molecule has 1 rings (SSSR count). The van der Waals surface area contributed by atoms with Crippen molar-refractivity contribution in [2.45, 2.75) is 13.3 Å². The zero-order valence-electron chi connectivity index (χ0n) is 7.43. The molecule has 70 valence electrons. The van der Waals surface area contributed by atoms with E-state index in [1.54, 1.807) is 6.20 Å². The number of alkyl halides is 1. The standard InChI is InChI=1S/C10H11Cl2N/c1-8-6-9(4-2-3-5-11)10(12)13-7-8/h2,4,6-7H,3,5H2,1H3. The van der Waals surface area contributed by atoms with Gasteiger partial charge in [-0.3, -0.25) is 0 Å². The molecule has 3 heteroatoms. The summed E-state index contributed by atoms with van der Waals surface area (Å²) in [5, 5.41) is 0.538. The van der Waals surface area contributed by atoms with Crippen LogP contribution in [-0.4, -0.2) is 10.9 Å². The highest BCUT2D eigenvalue weighted by Gasteiger charge is 1.96. The number of aromatic nitrogens is 1. The fourth-order valence-electron chi connectivity index (χ4n) is 0.965. The van der Waals surface area contributed by atoms with Gasteiger partial charge in [-0.25, -0.2) is 4.98 Å². The predicted molar refractivity (Wildman–Crippen MR) is 58.4 cm³/mol. The molecule has 0 bridgehead atoms. The van der Waals surface area contributed by atoms with Crippen LogP contribution in [0.3, 0.4) is 0 Å². The normalized spacial score (nSPS) is 11.0. The first-order valence-corrected chi connectivity index (χ1v) is 5.00. The van der Waals surface area contributed by atoms with Crippen LogP contribution in [0.1, 0.15) is 17.5 Å². The molecule has 1 aromatic heterocycles. The Balaban J connectivity index is 2.81. The Labute approximate surface area is 88.4 Å². The van der Waals surface area contributed by atoms with Crippen LogP contribution in [0.25, 0.3) is 6.08 Å². The largest absolute Gasteiger partial charge is 0.244 e. The molecule has 0 aliphatic heterocycles. The maximum atomic E-state index is 5.88. The molecule has 0 saturated heterocycles. The molecule has 0 spiro atoms. The summed E-state index contributed by atoms with van der Waals surface area (Å²) in [6.45, 7) is 1.99. The summed E-state index contributed by atoms with van der Waals surface area (Å²) < 4.78 is 0. The number of pyridine rings is 1. The van der Waals surface area contributed by atoms with E-state index >= 15 is 0 Å². The van der Waals surface area contributed by atoms with Gasteiger partial charge < -0.3 is 0 Å². The van der Waals surface area contributed by atoms with Gasteiger partial charge in [0.1, 0.15) is 5.15 Å². The molecule has 1 nitrogen and oxygen atoms in total. The molecular formula is C10H11Cl2N. The first-order valence-electron chi connectivity index (χ1n) is 4.08. The van der Waals surface area contributed by atoms with Crippen molar-refractivity contribution in [2.75, 3.05) is 5.88 Å². The van der Waals surface area contributed by atoms with Gasteiger partial charge in [0.15, 0.2) is 0 Å². The topological polar surface area (TPSA) is 12.9 Å². The van der Waals surface area contributed by atoms with Crippen LogP contribution in [0.15, 0.2) is 18.3 Å². The highest BCUT2D eigenvalue weighted by Crippen LogP contribution is 2.15. The predicted octanol–water partition coefficient (Wildman–Crippen LogP) is 3.69. The molecule has 0 unspecified atom stereocenters. The molecule has 0 amide bonds. The minimum atomic E-state index is 0.538. The number of allylic oxidation sites excluding steroid dienone is 1. The third kappa shape index (κ3) is 3.37. The number of rotatable bonds is 3. The minimum absolute atomic E-state index is 0.538. The fraction of sp³-hybridized carbons (Fsp3) is 0.300. The van der Waals surface area contributed by atoms with Crippen LogP contribution in [0.5, 0.6) is 0 Å². The highest BCUT2D eigenvalue weighted by molar-refractivity contribution is 6.30. The Kier molecular flexibility index (Phi) is 4.26. The number of hydrogen-bond donors (Lipinski definition) is 0. The summed E-state index contributed by atoms with van der Waals surface area (Å²) in [7, 11) is 0. The van der Waals surface area contributed by atoms with Crippen molar-refractivity contribution in [2.24, 2.45) is 0 Å². The van der Waals surface area contributed by atoms with Gasteiger partial charge in [0.05, 0.1) is 0 Å². The van der Waals surface area contributed by atoms with E-state index in [1.807, 2.05) is 25.1 Å². The molecular weight excluding hydrogens is 205 g/mol. The van der Waals surface area contributed by atoms with Crippen LogP contribution in [0.4, 0.5) is 0 Å². The van der Waals surface area contributed by atoms with Crippen LogP contribution < -0.4 is 0 Å². The van der Waals surface area contributed by atoms with Crippen LogP contribution >= 0.6 is 23.2 Å². The monoisotopic (exact) mass is 215 g/mol. The molecule has 0 fully saturated rings. The minimum Gasteiger partial charge on any atom is -0.244 e. The average molecular weight is 216 g/mol. The lowest BCUT2D eigenvalue weighted by molar-refractivity contribution is 1.23. The third-order valence-electron chi connectivity index (χ3n) is 1.58. The number of aryl methyl sites for hydroxylation is 1. The molecule has 1 aromatic rings. The second kappa shape index (κ2) is 5.25. The Morgan fingerprint density at radius 1 is 1.54 bits per heavy atom. The highest BCUT2D eigenvalue weighted by atomic mass is 35.5. The molecule has 0 aliphatic rings. The average Bonchev–Trinajstić information content (AvgIpc) is 2.11. The van der Waals surface area contributed by atoms with Crippen LogP contribution in [0.2, 0.25) is 5.15 Å². The molecule has 13 heavy (non-hydrogen) atoms. The molecule has 0 aromatic carbocycles. The molecule has 0 aliphatic carbocycles. The van der Waals surface area contributed by atoms with Crippen molar-refractivity contribution in [1.29, 1.82) is 0 Å². The van der Waals surface area contributed by atoms with Crippen molar-refractivity contribution in [3.05, 3.63) is 34.6 Å². The Bertz CT molecular complexity index is 308. The van der Waals surface area contributed by atoms with Gasteiger partial charge in [-0.05, 0) is 25.0 Å². The Morgan fingerprint density at radius 3 is 3.00 bits per heavy atom. The SMILES string of the molecule is Cc1cnc(Cl)c(C=CCCCl)c1. The molecule has 0 radical (unpaired) electrons. The van der Waals surface area contributed by atoms with E-state index in [0.29, 0.717) is 11.0 Å². The lowest BCUT2D eigenvalue weighted by Crippen LogP contribution is -1.83. The maximum Gasteiger partial charge on any atom is 0.136 e.